The summed E-state index contributed by atoms with van der Waals surface area (Å²) in [7, 11) is -0.456. The summed E-state index contributed by atoms with van der Waals surface area (Å²) in [6.07, 6.45) is 3.86. The zero-order valence-corrected chi connectivity index (χ0v) is 14.7. The Kier molecular flexibility index (Phi) is 4.09. The maximum Gasteiger partial charge on any atom is 0.491 e. The number of hydrogen-bond donors (Lipinski definition) is 2. The number of aromatic amines is 1. The van der Waals surface area contributed by atoms with E-state index in [1.54, 1.807) is 0 Å². The summed E-state index contributed by atoms with van der Waals surface area (Å²) < 4.78 is 12.2. The first-order valence-corrected chi connectivity index (χ1v) is 8.14. The topological polar surface area (TPSA) is 60.3 Å². The highest BCUT2D eigenvalue weighted by Crippen LogP contribution is 2.39. The highest BCUT2D eigenvalue weighted by atomic mass is 35.5. The maximum absolute atomic E-state index is 6.39. The molecule has 2 heterocycles. The van der Waals surface area contributed by atoms with Crippen molar-refractivity contribution in [3.8, 4) is 0 Å². The molecule has 2 aromatic rings. The Hall–Kier alpha value is -1.27. The number of H-pyrrole nitrogens is 1. The molecule has 0 amide bonds. The van der Waals surface area contributed by atoms with Crippen LogP contribution in [0.4, 0.5) is 0 Å². The maximum atomic E-state index is 6.39. The van der Waals surface area contributed by atoms with Gasteiger partial charge in [-0.15, -0.1) is 0 Å². The van der Waals surface area contributed by atoms with E-state index in [1.165, 1.54) is 0 Å². The fourth-order valence-electron chi connectivity index (χ4n) is 2.62. The van der Waals surface area contributed by atoms with E-state index in [1.807, 2.05) is 58.2 Å². The highest BCUT2D eigenvalue weighted by Gasteiger charge is 2.52. The summed E-state index contributed by atoms with van der Waals surface area (Å²) in [5.41, 5.74) is 7.96. The van der Waals surface area contributed by atoms with E-state index in [0.717, 1.165) is 21.9 Å². The van der Waals surface area contributed by atoms with Gasteiger partial charge < -0.3 is 20.0 Å². The molecule has 4 nitrogen and oxygen atoms in total. The Morgan fingerprint density at radius 3 is 2.52 bits per heavy atom. The molecule has 23 heavy (non-hydrogen) atoms. The van der Waals surface area contributed by atoms with Crippen LogP contribution in [0, 0.1) is 0 Å². The van der Waals surface area contributed by atoms with Gasteiger partial charge in [-0.2, -0.15) is 0 Å². The number of hydrogen-bond acceptors (Lipinski definition) is 3. The smallest absolute Gasteiger partial charge is 0.400 e. The SMILES string of the molecule is CC1(C)OB(C(=Cc2cc3cc[nH]c3cc2Cl)CN)OC1(C)C. The number of halogens is 1. The molecular weight excluding hydrogens is 310 g/mol. The second-order valence-corrected chi connectivity index (χ2v) is 7.36. The third kappa shape index (κ3) is 2.94. The van der Waals surface area contributed by atoms with E-state index in [0.29, 0.717) is 11.6 Å². The van der Waals surface area contributed by atoms with Gasteiger partial charge in [0.2, 0.25) is 0 Å². The second-order valence-electron chi connectivity index (χ2n) is 6.95. The van der Waals surface area contributed by atoms with Gasteiger partial charge in [-0.25, -0.2) is 0 Å². The molecule has 1 saturated heterocycles. The van der Waals surface area contributed by atoms with Gasteiger partial charge in [-0.3, -0.25) is 0 Å². The summed E-state index contributed by atoms with van der Waals surface area (Å²) in [6.45, 7) is 8.46. The van der Waals surface area contributed by atoms with Crippen LogP contribution < -0.4 is 5.73 Å². The van der Waals surface area contributed by atoms with Gasteiger partial charge in [0.15, 0.2) is 0 Å². The first-order valence-electron chi connectivity index (χ1n) is 7.76. The average molecular weight is 333 g/mol. The molecule has 0 bridgehead atoms. The van der Waals surface area contributed by atoms with Crippen LogP contribution in [-0.4, -0.2) is 29.8 Å². The molecule has 0 radical (unpaired) electrons. The predicted octanol–water partition coefficient (Wildman–Crippen LogP) is 3.79. The van der Waals surface area contributed by atoms with Gasteiger partial charge in [-0.05, 0) is 56.9 Å². The molecule has 0 aliphatic carbocycles. The fourth-order valence-corrected chi connectivity index (χ4v) is 2.84. The number of fused-ring (bicyclic) bond motifs is 1. The number of nitrogens with two attached hydrogens (primary N) is 1. The standard InChI is InChI=1S/C17H22BClN2O2/c1-16(2)17(3,4)23-18(22-16)13(10-20)8-12-7-11-5-6-21-15(11)9-14(12)19/h5-9,21H,10,20H2,1-4H3. The van der Waals surface area contributed by atoms with Crippen LogP contribution in [0.15, 0.2) is 29.9 Å². The van der Waals surface area contributed by atoms with Gasteiger partial charge in [0, 0.05) is 28.7 Å². The summed E-state index contributed by atoms with van der Waals surface area (Å²) >= 11 is 6.39. The first-order chi connectivity index (χ1) is 10.7. The van der Waals surface area contributed by atoms with Crippen LogP contribution in [0.25, 0.3) is 17.0 Å². The van der Waals surface area contributed by atoms with Crippen molar-refractivity contribution in [3.05, 3.63) is 40.5 Å². The quantitative estimate of drug-likeness (QED) is 0.841. The molecule has 1 aromatic carbocycles. The van der Waals surface area contributed by atoms with Crippen molar-refractivity contribution < 1.29 is 9.31 Å². The lowest BCUT2D eigenvalue weighted by Gasteiger charge is -2.32. The minimum atomic E-state index is -0.456. The summed E-state index contributed by atoms with van der Waals surface area (Å²) in [4.78, 5) is 3.15. The highest BCUT2D eigenvalue weighted by molar-refractivity contribution is 6.56. The third-order valence-corrected chi connectivity index (χ3v) is 5.13. The first kappa shape index (κ1) is 16.6. The zero-order valence-electron chi connectivity index (χ0n) is 13.9. The molecule has 6 heteroatoms. The van der Waals surface area contributed by atoms with Gasteiger partial charge in [-0.1, -0.05) is 17.7 Å². The van der Waals surface area contributed by atoms with Crippen LogP contribution in [-0.2, 0) is 9.31 Å². The molecule has 1 aliphatic heterocycles. The number of aromatic nitrogens is 1. The van der Waals surface area contributed by atoms with Crippen molar-refractivity contribution in [2.75, 3.05) is 6.54 Å². The average Bonchev–Trinajstić information content (AvgIpc) is 2.97. The van der Waals surface area contributed by atoms with E-state index in [9.17, 15) is 0 Å². The number of rotatable bonds is 3. The lowest BCUT2D eigenvalue weighted by Crippen LogP contribution is -2.41. The zero-order chi connectivity index (χ0) is 16.8. The van der Waals surface area contributed by atoms with Crippen LogP contribution in [0.5, 0.6) is 0 Å². The van der Waals surface area contributed by atoms with E-state index < -0.39 is 7.12 Å². The second kappa shape index (κ2) is 5.67. The Balaban J connectivity index is 1.97. The minimum Gasteiger partial charge on any atom is -0.400 e. The summed E-state index contributed by atoms with van der Waals surface area (Å²) in [5, 5.41) is 1.77. The van der Waals surface area contributed by atoms with Crippen molar-refractivity contribution in [2.45, 2.75) is 38.9 Å². The van der Waals surface area contributed by atoms with Crippen molar-refractivity contribution in [1.29, 1.82) is 0 Å². The Morgan fingerprint density at radius 2 is 1.91 bits per heavy atom. The monoisotopic (exact) mass is 332 g/mol. The van der Waals surface area contributed by atoms with Gasteiger partial charge in [0.25, 0.3) is 0 Å². The van der Waals surface area contributed by atoms with E-state index in [-0.39, 0.29) is 11.2 Å². The predicted molar refractivity (Wildman–Crippen MR) is 96.4 cm³/mol. The molecule has 122 valence electrons. The molecule has 1 aromatic heterocycles. The van der Waals surface area contributed by atoms with E-state index in [4.69, 9.17) is 26.6 Å². The largest absolute Gasteiger partial charge is 0.491 e. The molecule has 3 N–H and O–H groups in total. The fraction of sp³-hybridized carbons (Fsp3) is 0.412. The van der Waals surface area contributed by atoms with Crippen molar-refractivity contribution in [3.63, 3.8) is 0 Å². The molecule has 0 unspecified atom stereocenters. The van der Waals surface area contributed by atoms with Gasteiger partial charge in [0.1, 0.15) is 0 Å². The van der Waals surface area contributed by atoms with Crippen molar-refractivity contribution in [1.82, 2.24) is 4.98 Å². The molecule has 1 fully saturated rings. The molecule has 1 aliphatic rings. The molecule has 0 atom stereocenters. The van der Waals surface area contributed by atoms with Crippen molar-refractivity contribution >= 4 is 35.7 Å². The molecule has 0 saturated carbocycles. The number of benzene rings is 1. The third-order valence-electron chi connectivity index (χ3n) is 4.80. The van der Waals surface area contributed by atoms with Crippen LogP contribution in [0.3, 0.4) is 0 Å². The van der Waals surface area contributed by atoms with Crippen LogP contribution in [0.2, 0.25) is 5.02 Å². The lowest BCUT2D eigenvalue weighted by molar-refractivity contribution is 0.00578. The number of nitrogens with one attached hydrogen (secondary N) is 1. The lowest BCUT2D eigenvalue weighted by atomic mass is 9.77. The van der Waals surface area contributed by atoms with Gasteiger partial charge in [0.05, 0.1) is 11.2 Å². The van der Waals surface area contributed by atoms with Crippen LogP contribution >= 0.6 is 11.6 Å². The molecular formula is C17H22BClN2O2. The van der Waals surface area contributed by atoms with Gasteiger partial charge >= 0.3 is 7.12 Å². The molecule has 0 spiro atoms. The van der Waals surface area contributed by atoms with Crippen molar-refractivity contribution in [2.24, 2.45) is 5.73 Å². The van der Waals surface area contributed by atoms with Crippen LogP contribution in [0.1, 0.15) is 33.3 Å². The Labute approximate surface area is 142 Å². The summed E-state index contributed by atoms with van der Waals surface area (Å²) in [6, 6.07) is 5.97. The Bertz CT molecular complexity index is 751. The normalized spacial score (nSPS) is 20.4. The van der Waals surface area contributed by atoms with E-state index in [2.05, 4.69) is 4.98 Å². The molecule has 3 rings (SSSR count). The van der Waals surface area contributed by atoms with E-state index >= 15 is 0 Å². The minimum absolute atomic E-state index is 0.346. The summed E-state index contributed by atoms with van der Waals surface area (Å²) in [5.74, 6) is 0. The Morgan fingerprint density at radius 1 is 1.26 bits per heavy atom.